The zero-order valence-corrected chi connectivity index (χ0v) is 18.5. The third-order valence-corrected chi connectivity index (χ3v) is 4.52. The highest BCUT2D eigenvalue weighted by atomic mass is 127. The number of nitrogens with one attached hydrogen (secondary N) is 2. The van der Waals surface area contributed by atoms with Gasteiger partial charge in [0, 0.05) is 14.0 Å². The minimum absolute atomic E-state index is 0. The van der Waals surface area contributed by atoms with Crippen LogP contribution in [-0.2, 0) is 11.3 Å². The smallest absolute Gasteiger partial charge is 0.350 e. The molecule has 0 aliphatic carbocycles. The average Bonchev–Trinajstić information content (AvgIpc) is 3.17. The van der Waals surface area contributed by atoms with E-state index in [1.54, 1.807) is 27.8 Å². The van der Waals surface area contributed by atoms with E-state index in [-0.39, 0.29) is 36.0 Å². The molecule has 0 radical (unpaired) electrons. The van der Waals surface area contributed by atoms with Gasteiger partial charge in [-0.2, -0.15) is 4.98 Å². The maximum Gasteiger partial charge on any atom is 0.350 e. The van der Waals surface area contributed by atoms with Gasteiger partial charge in [0.2, 0.25) is 5.89 Å². The molecule has 11 heteroatoms. The summed E-state index contributed by atoms with van der Waals surface area (Å²) in [5.41, 5.74) is 0.664. The van der Waals surface area contributed by atoms with Crippen molar-refractivity contribution >= 4 is 47.2 Å². The normalized spacial score (nSPS) is 12.3. The molecule has 0 saturated carbocycles. The van der Waals surface area contributed by atoms with Crippen LogP contribution in [-0.4, -0.2) is 40.7 Å². The van der Waals surface area contributed by atoms with Crippen molar-refractivity contribution < 1.29 is 14.1 Å². The predicted molar refractivity (Wildman–Crippen MR) is 109 cm³/mol. The number of thiazole rings is 1. The average molecular weight is 494 g/mol. The molecule has 144 valence electrons. The van der Waals surface area contributed by atoms with E-state index in [0.717, 1.165) is 5.01 Å². The quantitative estimate of drug-likeness (QED) is 0.272. The Hall–Kier alpha value is -1.76. The first-order valence-corrected chi connectivity index (χ1v) is 8.67. The van der Waals surface area contributed by atoms with Gasteiger partial charge in [0.1, 0.15) is 9.88 Å². The van der Waals surface area contributed by atoms with E-state index in [0.29, 0.717) is 41.4 Å². The van der Waals surface area contributed by atoms with Gasteiger partial charge in [-0.3, -0.25) is 4.99 Å². The minimum atomic E-state index is -0.342. The number of hydrogen-bond donors (Lipinski definition) is 2. The number of carbonyl (C=O) groups is 1. The van der Waals surface area contributed by atoms with E-state index < -0.39 is 0 Å². The van der Waals surface area contributed by atoms with Crippen molar-refractivity contribution in [2.45, 2.75) is 40.3 Å². The number of esters is 1. The standard InChI is InChI=1S/C15H22N6O3S.HI/c1-6-23-14(22)12-8(2)18-13(25-12)9(3)19-15(16-5)17-7-11-20-10(4)24-21-11;/h9H,6-7H2,1-5H3,(H2,16,17,19);1H. The van der Waals surface area contributed by atoms with Crippen LogP contribution in [0.4, 0.5) is 0 Å². The third-order valence-electron chi connectivity index (χ3n) is 3.20. The fourth-order valence-corrected chi connectivity index (χ4v) is 2.99. The van der Waals surface area contributed by atoms with Crippen molar-refractivity contribution in [1.82, 2.24) is 25.8 Å². The molecule has 9 nitrogen and oxygen atoms in total. The summed E-state index contributed by atoms with van der Waals surface area (Å²) in [6, 6.07) is -0.134. The van der Waals surface area contributed by atoms with Gasteiger partial charge >= 0.3 is 5.97 Å². The van der Waals surface area contributed by atoms with Crippen LogP contribution in [0.2, 0.25) is 0 Å². The molecule has 0 bridgehead atoms. The fraction of sp³-hybridized carbons (Fsp3) is 0.533. The summed E-state index contributed by atoms with van der Waals surface area (Å²) in [5.74, 6) is 1.28. The van der Waals surface area contributed by atoms with Gasteiger partial charge in [-0.05, 0) is 20.8 Å². The molecule has 0 saturated heterocycles. The van der Waals surface area contributed by atoms with Gasteiger partial charge < -0.3 is 19.9 Å². The summed E-state index contributed by atoms with van der Waals surface area (Å²) in [7, 11) is 1.67. The van der Waals surface area contributed by atoms with Crippen molar-refractivity contribution in [2.24, 2.45) is 4.99 Å². The zero-order chi connectivity index (χ0) is 18.4. The second kappa shape index (κ2) is 10.4. The molecular formula is C15H23IN6O3S. The Morgan fingerprint density at radius 1 is 1.38 bits per heavy atom. The Kier molecular flexibility index (Phi) is 8.92. The molecular weight excluding hydrogens is 471 g/mol. The van der Waals surface area contributed by atoms with Crippen LogP contribution in [0.5, 0.6) is 0 Å². The van der Waals surface area contributed by atoms with Crippen LogP contribution < -0.4 is 10.6 Å². The summed E-state index contributed by atoms with van der Waals surface area (Å²) < 4.78 is 9.97. The second-order valence-electron chi connectivity index (χ2n) is 5.21. The maximum atomic E-state index is 11.9. The lowest BCUT2D eigenvalue weighted by Gasteiger charge is -2.15. The number of halogens is 1. The lowest BCUT2D eigenvalue weighted by atomic mass is 10.3. The lowest BCUT2D eigenvalue weighted by Crippen LogP contribution is -2.38. The van der Waals surface area contributed by atoms with Crippen LogP contribution in [0.3, 0.4) is 0 Å². The topological polar surface area (TPSA) is 115 Å². The van der Waals surface area contributed by atoms with E-state index >= 15 is 0 Å². The number of nitrogens with zero attached hydrogens (tertiary/aromatic N) is 4. The van der Waals surface area contributed by atoms with Crippen LogP contribution >= 0.6 is 35.3 Å². The van der Waals surface area contributed by atoms with E-state index in [2.05, 4.69) is 30.8 Å². The highest BCUT2D eigenvalue weighted by molar-refractivity contribution is 14.0. The van der Waals surface area contributed by atoms with Gasteiger partial charge in [0.05, 0.1) is 24.9 Å². The fourth-order valence-electron chi connectivity index (χ4n) is 2.03. The number of aromatic nitrogens is 3. The third kappa shape index (κ3) is 5.90. The summed E-state index contributed by atoms with van der Waals surface area (Å²) in [6.07, 6.45) is 0. The van der Waals surface area contributed by atoms with Crippen molar-refractivity contribution in [2.75, 3.05) is 13.7 Å². The van der Waals surface area contributed by atoms with Gasteiger partial charge in [0.25, 0.3) is 0 Å². The van der Waals surface area contributed by atoms with E-state index in [4.69, 9.17) is 9.26 Å². The van der Waals surface area contributed by atoms with E-state index in [1.807, 2.05) is 6.92 Å². The van der Waals surface area contributed by atoms with E-state index in [9.17, 15) is 4.79 Å². The van der Waals surface area contributed by atoms with Crippen LogP contribution in [0, 0.1) is 13.8 Å². The van der Waals surface area contributed by atoms with Gasteiger partial charge in [-0.25, -0.2) is 9.78 Å². The number of hydrogen-bond acceptors (Lipinski definition) is 8. The molecule has 0 aliphatic rings. The van der Waals surface area contributed by atoms with Crippen molar-refractivity contribution in [1.29, 1.82) is 0 Å². The first-order valence-electron chi connectivity index (χ1n) is 7.85. The molecule has 0 amide bonds. The molecule has 26 heavy (non-hydrogen) atoms. The van der Waals surface area contributed by atoms with Gasteiger partial charge in [-0.1, -0.05) is 5.16 Å². The van der Waals surface area contributed by atoms with Crippen molar-refractivity contribution in [3.05, 3.63) is 27.3 Å². The van der Waals surface area contributed by atoms with E-state index in [1.165, 1.54) is 11.3 Å². The molecule has 2 rings (SSSR count). The maximum absolute atomic E-state index is 11.9. The number of aryl methyl sites for hydroxylation is 2. The lowest BCUT2D eigenvalue weighted by molar-refractivity contribution is 0.0531. The number of aliphatic imine (C=N–C) groups is 1. The van der Waals surface area contributed by atoms with Crippen molar-refractivity contribution in [3.63, 3.8) is 0 Å². The molecule has 0 spiro atoms. The molecule has 0 aromatic carbocycles. The largest absolute Gasteiger partial charge is 0.462 e. The zero-order valence-electron chi connectivity index (χ0n) is 15.3. The van der Waals surface area contributed by atoms with Crippen LogP contribution in [0.1, 0.15) is 52.0 Å². The number of guanidine groups is 1. The molecule has 0 fully saturated rings. The molecule has 2 aromatic rings. The van der Waals surface area contributed by atoms with Gasteiger partial charge in [-0.15, -0.1) is 35.3 Å². The first kappa shape index (κ1) is 22.3. The molecule has 2 heterocycles. The predicted octanol–water partition coefficient (Wildman–Crippen LogP) is 2.36. The monoisotopic (exact) mass is 494 g/mol. The number of ether oxygens (including phenoxy) is 1. The summed E-state index contributed by atoms with van der Waals surface area (Å²) in [6.45, 7) is 7.97. The highest BCUT2D eigenvalue weighted by Gasteiger charge is 2.20. The molecule has 0 aliphatic heterocycles. The molecule has 1 atom stereocenters. The van der Waals surface area contributed by atoms with Crippen LogP contribution in [0.25, 0.3) is 0 Å². The SMILES string of the molecule is CCOC(=O)c1sc(C(C)NC(=NC)NCc2noc(C)n2)nc1C.I. The summed E-state index contributed by atoms with van der Waals surface area (Å²) in [5, 5.41) is 10.9. The van der Waals surface area contributed by atoms with Crippen molar-refractivity contribution in [3.8, 4) is 0 Å². The number of rotatable bonds is 6. The van der Waals surface area contributed by atoms with Crippen LogP contribution in [0.15, 0.2) is 9.52 Å². The minimum Gasteiger partial charge on any atom is -0.462 e. The molecule has 2 aromatic heterocycles. The first-order chi connectivity index (χ1) is 11.9. The Morgan fingerprint density at radius 2 is 2.12 bits per heavy atom. The molecule has 2 N–H and O–H groups in total. The number of carbonyl (C=O) groups excluding carboxylic acids is 1. The Labute approximate surface area is 173 Å². The Bertz CT molecular complexity index is 760. The van der Waals surface area contributed by atoms with Gasteiger partial charge in [0.15, 0.2) is 11.8 Å². The summed E-state index contributed by atoms with van der Waals surface area (Å²) >= 11 is 1.32. The molecule has 1 unspecified atom stereocenters. The highest BCUT2D eigenvalue weighted by Crippen LogP contribution is 2.24. The Morgan fingerprint density at radius 3 is 2.69 bits per heavy atom. The summed E-state index contributed by atoms with van der Waals surface area (Å²) in [4.78, 5) is 25.2. The Balaban J connectivity index is 0.00000338. The second-order valence-corrected chi connectivity index (χ2v) is 6.24.